The molecule has 3 rings (SSSR count). The second-order valence-corrected chi connectivity index (χ2v) is 6.82. The van der Waals surface area contributed by atoms with Gasteiger partial charge < -0.3 is 0 Å². The quantitative estimate of drug-likeness (QED) is 0.659. The summed E-state index contributed by atoms with van der Waals surface area (Å²) in [6.45, 7) is 4.08. The summed E-state index contributed by atoms with van der Waals surface area (Å²) in [5.74, 6) is 0.444. The summed E-state index contributed by atoms with van der Waals surface area (Å²) < 4.78 is 0. The first-order chi connectivity index (χ1) is 10.7. The Bertz CT molecular complexity index is 690. The Balaban J connectivity index is 1.58. The second-order valence-electron chi connectivity index (χ2n) is 5.65. The molecule has 22 heavy (non-hydrogen) atoms. The molecule has 0 saturated heterocycles. The molecular weight excluding hydrogens is 292 g/mol. The highest BCUT2D eigenvalue weighted by molar-refractivity contribution is 7.14. The average Bonchev–Trinajstić information content (AvgIpc) is 3.22. The number of nitrogens with zero attached hydrogens (tertiary/aromatic N) is 1. The molecule has 0 bridgehead atoms. The molecule has 0 spiro atoms. The monoisotopic (exact) mass is 312 g/mol. The second kappa shape index (κ2) is 6.44. The minimum absolute atomic E-state index is 0.0282. The maximum absolute atomic E-state index is 12.2. The minimum Gasteiger partial charge on any atom is -0.273 e. The molecule has 1 aromatic carbocycles. The first-order valence-corrected chi connectivity index (χ1v) is 8.49. The summed E-state index contributed by atoms with van der Waals surface area (Å²) in [4.78, 5) is 14.6. The molecule has 1 aliphatic carbocycles. The van der Waals surface area contributed by atoms with Gasteiger partial charge in [0.2, 0.25) is 5.91 Å². The van der Waals surface area contributed by atoms with Gasteiger partial charge in [0.05, 0.1) is 10.6 Å². The fourth-order valence-electron chi connectivity index (χ4n) is 2.59. The number of hydrazone groups is 1. The third kappa shape index (κ3) is 3.28. The molecule has 1 heterocycles. The van der Waals surface area contributed by atoms with Crippen molar-refractivity contribution in [3.63, 3.8) is 0 Å². The lowest BCUT2D eigenvalue weighted by Crippen LogP contribution is -2.21. The van der Waals surface area contributed by atoms with Crippen LogP contribution >= 0.6 is 11.3 Å². The van der Waals surface area contributed by atoms with E-state index < -0.39 is 0 Å². The van der Waals surface area contributed by atoms with Gasteiger partial charge in [-0.15, -0.1) is 11.3 Å². The van der Waals surface area contributed by atoms with Gasteiger partial charge in [-0.25, -0.2) is 5.43 Å². The molecule has 0 radical (unpaired) electrons. The van der Waals surface area contributed by atoms with E-state index in [2.05, 4.69) is 41.7 Å². The normalized spacial score (nSPS) is 20.7. The van der Waals surface area contributed by atoms with Gasteiger partial charge in [-0.3, -0.25) is 4.79 Å². The third-order valence-corrected chi connectivity index (χ3v) is 5.39. The molecule has 1 aliphatic rings. The molecule has 114 valence electrons. The van der Waals surface area contributed by atoms with E-state index in [1.165, 1.54) is 10.4 Å². The van der Waals surface area contributed by atoms with E-state index in [1.807, 2.05) is 25.1 Å². The molecule has 2 unspecified atom stereocenters. The minimum atomic E-state index is 0.0282. The Morgan fingerprint density at radius 2 is 2.05 bits per heavy atom. The van der Waals surface area contributed by atoms with Crippen molar-refractivity contribution >= 4 is 23.0 Å². The molecule has 4 heteroatoms. The zero-order valence-corrected chi connectivity index (χ0v) is 13.7. The van der Waals surface area contributed by atoms with Crippen LogP contribution in [0.1, 0.15) is 41.5 Å². The molecule has 0 aliphatic heterocycles. The van der Waals surface area contributed by atoms with E-state index >= 15 is 0 Å². The van der Waals surface area contributed by atoms with Crippen LogP contribution in [-0.4, -0.2) is 11.6 Å². The van der Waals surface area contributed by atoms with Crippen molar-refractivity contribution < 1.29 is 4.79 Å². The predicted octanol–water partition coefficient (Wildman–Crippen LogP) is 3.95. The van der Waals surface area contributed by atoms with E-state index in [9.17, 15) is 4.79 Å². The van der Waals surface area contributed by atoms with Crippen LogP contribution in [0.2, 0.25) is 0 Å². The predicted molar refractivity (Wildman–Crippen MR) is 91.3 cm³/mol. The molecule has 1 aromatic heterocycles. The van der Waals surface area contributed by atoms with Crippen molar-refractivity contribution in [2.75, 3.05) is 0 Å². The van der Waals surface area contributed by atoms with Gasteiger partial charge >= 0.3 is 0 Å². The zero-order chi connectivity index (χ0) is 15.5. The summed E-state index contributed by atoms with van der Waals surface area (Å²) in [5.41, 5.74) is 4.84. The molecule has 3 nitrogen and oxygen atoms in total. The first kappa shape index (κ1) is 15.0. The summed E-state index contributed by atoms with van der Waals surface area (Å²) in [7, 11) is 0. The number of amides is 1. The first-order valence-electron chi connectivity index (χ1n) is 7.67. The standard InChI is InChI=1S/C18H20N2OS/c1-3-14-9-10-17(22-14)12(2)19-20-18(21)16-11-15(16)13-7-5-4-6-8-13/h4-10,15-16H,3,11H2,1-2H3,(H,20,21). The topological polar surface area (TPSA) is 41.5 Å². The van der Waals surface area contributed by atoms with Gasteiger partial charge in [0.15, 0.2) is 0 Å². The van der Waals surface area contributed by atoms with Crippen molar-refractivity contribution in [2.45, 2.75) is 32.6 Å². The van der Waals surface area contributed by atoms with Gasteiger partial charge in [-0.2, -0.15) is 5.10 Å². The van der Waals surface area contributed by atoms with Crippen LogP contribution in [0.15, 0.2) is 47.6 Å². The number of carbonyl (C=O) groups is 1. The highest BCUT2D eigenvalue weighted by Crippen LogP contribution is 2.47. The Hall–Kier alpha value is -1.94. The van der Waals surface area contributed by atoms with Crippen molar-refractivity contribution in [3.05, 3.63) is 57.8 Å². The Kier molecular flexibility index (Phi) is 4.39. The Morgan fingerprint density at radius 3 is 2.73 bits per heavy atom. The summed E-state index contributed by atoms with van der Waals surface area (Å²) in [6, 6.07) is 14.4. The van der Waals surface area contributed by atoms with Crippen LogP contribution < -0.4 is 5.43 Å². The Labute approximate surface area is 135 Å². The van der Waals surface area contributed by atoms with Gasteiger partial charge in [0, 0.05) is 10.8 Å². The third-order valence-electron chi connectivity index (χ3n) is 4.06. The number of benzene rings is 1. The molecule has 2 aromatic rings. The number of nitrogens with one attached hydrogen (secondary N) is 1. The molecule has 1 N–H and O–H groups in total. The maximum Gasteiger partial charge on any atom is 0.243 e. The number of aryl methyl sites for hydroxylation is 1. The lowest BCUT2D eigenvalue weighted by Gasteiger charge is -2.01. The lowest BCUT2D eigenvalue weighted by molar-refractivity contribution is -0.122. The van der Waals surface area contributed by atoms with Crippen molar-refractivity contribution in [3.8, 4) is 0 Å². The van der Waals surface area contributed by atoms with E-state index in [1.54, 1.807) is 11.3 Å². The summed E-state index contributed by atoms with van der Waals surface area (Å²) in [6.07, 6.45) is 1.95. The number of hydrogen-bond acceptors (Lipinski definition) is 3. The van der Waals surface area contributed by atoms with Crippen molar-refractivity contribution in [1.82, 2.24) is 5.43 Å². The number of rotatable bonds is 5. The summed E-state index contributed by atoms with van der Waals surface area (Å²) >= 11 is 1.73. The van der Waals surface area contributed by atoms with E-state index in [0.29, 0.717) is 5.92 Å². The van der Waals surface area contributed by atoms with E-state index in [4.69, 9.17) is 0 Å². The Morgan fingerprint density at radius 1 is 1.27 bits per heavy atom. The fraction of sp³-hybridized carbons (Fsp3) is 0.333. The van der Waals surface area contributed by atoms with Crippen LogP contribution in [0.3, 0.4) is 0 Å². The molecule has 1 fully saturated rings. The maximum atomic E-state index is 12.2. The van der Waals surface area contributed by atoms with Crippen LogP contribution in [-0.2, 0) is 11.2 Å². The lowest BCUT2D eigenvalue weighted by atomic mass is 10.1. The average molecular weight is 312 g/mol. The largest absolute Gasteiger partial charge is 0.273 e. The molecular formula is C18H20N2OS. The molecule has 2 atom stereocenters. The number of carbonyl (C=O) groups excluding carboxylic acids is 1. The zero-order valence-electron chi connectivity index (χ0n) is 12.9. The molecule has 1 amide bonds. The van der Waals surface area contributed by atoms with Crippen molar-refractivity contribution in [2.24, 2.45) is 11.0 Å². The SMILES string of the molecule is CCc1ccc(C(C)=NNC(=O)C2CC2c2ccccc2)s1. The van der Waals surface area contributed by atoms with Gasteiger partial charge in [0.25, 0.3) is 0 Å². The number of hydrogen-bond donors (Lipinski definition) is 1. The van der Waals surface area contributed by atoms with Gasteiger partial charge in [0.1, 0.15) is 0 Å². The summed E-state index contributed by atoms with van der Waals surface area (Å²) in [5, 5.41) is 4.26. The smallest absolute Gasteiger partial charge is 0.243 e. The van der Waals surface area contributed by atoms with Gasteiger partial charge in [-0.05, 0) is 43.4 Å². The fourth-order valence-corrected chi connectivity index (χ4v) is 3.49. The van der Waals surface area contributed by atoms with Crippen molar-refractivity contribution in [1.29, 1.82) is 0 Å². The highest BCUT2D eigenvalue weighted by atomic mass is 32.1. The van der Waals surface area contributed by atoms with Crippen LogP contribution in [0.5, 0.6) is 0 Å². The van der Waals surface area contributed by atoms with Gasteiger partial charge in [-0.1, -0.05) is 37.3 Å². The van der Waals surface area contributed by atoms with Crippen LogP contribution in [0, 0.1) is 5.92 Å². The van der Waals surface area contributed by atoms with Crippen LogP contribution in [0.4, 0.5) is 0 Å². The highest BCUT2D eigenvalue weighted by Gasteiger charge is 2.43. The van der Waals surface area contributed by atoms with Crippen LogP contribution in [0.25, 0.3) is 0 Å². The van der Waals surface area contributed by atoms with E-state index in [-0.39, 0.29) is 11.8 Å². The molecule has 1 saturated carbocycles. The number of thiophene rings is 1. The van der Waals surface area contributed by atoms with E-state index in [0.717, 1.165) is 23.4 Å².